The third-order valence-corrected chi connectivity index (χ3v) is 3.54. The lowest BCUT2D eigenvalue weighted by Crippen LogP contribution is -2.13. The Kier molecular flexibility index (Phi) is 5.05. The molecule has 0 unspecified atom stereocenters. The average Bonchev–Trinajstić information content (AvgIpc) is 3.10. The quantitative estimate of drug-likeness (QED) is 0.718. The first-order chi connectivity index (χ1) is 12.7. The van der Waals surface area contributed by atoms with Crippen LogP contribution in [0.3, 0.4) is 0 Å². The Balaban J connectivity index is 1.79. The molecule has 26 heavy (non-hydrogen) atoms. The number of aromatic nitrogens is 3. The minimum absolute atomic E-state index is 0.252. The molecule has 0 saturated heterocycles. The third-order valence-electron chi connectivity index (χ3n) is 3.54. The van der Waals surface area contributed by atoms with Crippen LogP contribution in [0.1, 0.15) is 11.1 Å². The largest absolute Gasteiger partial charge is 0.497 e. The SMILES string of the molecule is COc1ccc(/C=C/C(=O)Nc2c(C#N)cnn2-c2ccccn2)cc1. The fourth-order valence-corrected chi connectivity index (χ4v) is 2.25. The van der Waals surface area contributed by atoms with Gasteiger partial charge in [0.2, 0.25) is 5.91 Å². The van der Waals surface area contributed by atoms with Crippen molar-refractivity contribution in [3.63, 3.8) is 0 Å². The first-order valence-corrected chi connectivity index (χ1v) is 7.74. The fraction of sp³-hybridized carbons (Fsp3) is 0.0526. The molecule has 2 heterocycles. The van der Waals surface area contributed by atoms with E-state index >= 15 is 0 Å². The van der Waals surface area contributed by atoms with E-state index in [-0.39, 0.29) is 17.3 Å². The summed E-state index contributed by atoms with van der Waals surface area (Å²) < 4.78 is 6.51. The molecule has 0 radical (unpaired) electrons. The van der Waals surface area contributed by atoms with Crippen molar-refractivity contribution in [1.82, 2.24) is 14.8 Å². The van der Waals surface area contributed by atoms with Gasteiger partial charge < -0.3 is 10.1 Å². The monoisotopic (exact) mass is 345 g/mol. The van der Waals surface area contributed by atoms with Gasteiger partial charge in [0.05, 0.1) is 13.3 Å². The average molecular weight is 345 g/mol. The first kappa shape index (κ1) is 16.9. The summed E-state index contributed by atoms with van der Waals surface area (Å²) in [6.45, 7) is 0. The van der Waals surface area contributed by atoms with E-state index in [1.807, 2.05) is 30.3 Å². The summed E-state index contributed by atoms with van der Waals surface area (Å²) in [5.74, 6) is 1.14. The van der Waals surface area contributed by atoms with Crippen LogP contribution in [0, 0.1) is 11.3 Å². The molecule has 3 aromatic rings. The van der Waals surface area contributed by atoms with Gasteiger partial charge in [-0.15, -0.1) is 0 Å². The summed E-state index contributed by atoms with van der Waals surface area (Å²) in [6, 6.07) is 14.6. The van der Waals surface area contributed by atoms with Crippen LogP contribution in [-0.2, 0) is 4.79 Å². The van der Waals surface area contributed by atoms with Crippen LogP contribution in [0.15, 0.2) is 60.9 Å². The molecule has 0 aliphatic heterocycles. The number of amides is 1. The second-order valence-corrected chi connectivity index (χ2v) is 5.21. The molecule has 0 aliphatic rings. The lowest BCUT2D eigenvalue weighted by atomic mass is 10.2. The molecule has 7 nitrogen and oxygen atoms in total. The van der Waals surface area contributed by atoms with E-state index in [0.717, 1.165) is 11.3 Å². The minimum Gasteiger partial charge on any atom is -0.497 e. The van der Waals surface area contributed by atoms with Crippen molar-refractivity contribution in [2.75, 3.05) is 12.4 Å². The summed E-state index contributed by atoms with van der Waals surface area (Å²) in [4.78, 5) is 16.4. The molecule has 1 N–H and O–H groups in total. The number of anilines is 1. The Labute approximate surface area is 150 Å². The van der Waals surface area contributed by atoms with Gasteiger partial charge in [-0.1, -0.05) is 18.2 Å². The second kappa shape index (κ2) is 7.77. The molecule has 0 fully saturated rings. The Bertz CT molecular complexity index is 969. The first-order valence-electron chi connectivity index (χ1n) is 7.74. The summed E-state index contributed by atoms with van der Waals surface area (Å²) >= 11 is 0. The second-order valence-electron chi connectivity index (χ2n) is 5.21. The summed E-state index contributed by atoms with van der Waals surface area (Å²) in [5.41, 5.74) is 1.10. The summed E-state index contributed by atoms with van der Waals surface area (Å²) in [6.07, 6.45) is 6.05. The van der Waals surface area contributed by atoms with Crippen molar-refractivity contribution in [3.8, 4) is 17.6 Å². The smallest absolute Gasteiger partial charge is 0.249 e. The van der Waals surface area contributed by atoms with Gasteiger partial charge >= 0.3 is 0 Å². The number of hydrogen-bond donors (Lipinski definition) is 1. The maximum absolute atomic E-state index is 12.3. The van der Waals surface area contributed by atoms with Gasteiger partial charge in [0, 0.05) is 12.3 Å². The van der Waals surface area contributed by atoms with Gasteiger partial charge in [-0.05, 0) is 35.9 Å². The number of pyridine rings is 1. The molecule has 3 rings (SSSR count). The molecular weight excluding hydrogens is 330 g/mol. The number of hydrogen-bond acceptors (Lipinski definition) is 5. The Morgan fingerprint density at radius 1 is 1.27 bits per heavy atom. The topological polar surface area (TPSA) is 92.8 Å². The lowest BCUT2D eigenvalue weighted by Gasteiger charge is -2.07. The minimum atomic E-state index is -0.380. The highest BCUT2D eigenvalue weighted by molar-refractivity contribution is 6.02. The van der Waals surface area contributed by atoms with E-state index in [0.29, 0.717) is 5.82 Å². The van der Waals surface area contributed by atoms with Gasteiger partial charge in [-0.2, -0.15) is 15.0 Å². The highest BCUT2D eigenvalue weighted by atomic mass is 16.5. The number of rotatable bonds is 5. The molecule has 1 amide bonds. The zero-order chi connectivity index (χ0) is 18.4. The van der Waals surface area contributed by atoms with Crippen LogP contribution < -0.4 is 10.1 Å². The Morgan fingerprint density at radius 2 is 2.08 bits per heavy atom. The van der Waals surface area contributed by atoms with Gasteiger partial charge in [-0.25, -0.2) is 4.98 Å². The zero-order valence-corrected chi connectivity index (χ0v) is 14.0. The summed E-state index contributed by atoms with van der Waals surface area (Å²) in [5, 5.41) is 16.1. The standard InChI is InChI=1S/C19H15N5O2/c1-26-16-8-5-14(6-9-16)7-10-18(25)23-19-15(12-20)13-22-24(19)17-4-2-3-11-21-17/h2-11,13H,1H3,(H,23,25)/b10-7+. The van der Waals surface area contributed by atoms with Crippen LogP contribution in [0.4, 0.5) is 5.82 Å². The molecule has 7 heteroatoms. The van der Waals surface area contributed by atoms with Gasteiger partial charge in [0.1, 0.15) is 17.4 Å². The highest BCUT2D eigenvalue weighted by Gasteiger charge is 2.14. The van der Waals surface area contributed by atoms with Crippen molar-refractivity contribution in [2.24, 2.45) is 0 Å². The number of nitrogens with zero attached hydrogens (tertiary/aromatic N) is 4. The van der Waals surface area contributed by atoms with E-state index in [9.17, 15) is 10.1 Å². The Hall–Kier alpha value is -3.92. The number of nitriles is 1. The van der Waals surface area contributed by atoms with E-state index in [2.05, 4.69) is 15.4 Å². The molecule has 0 aliphatic carbocycles. The predicted octanol–water partition coefficient (Wildman–Crippen LogP) is 2.80. The molecule has 1 aromatic carbocycles. The van der Waals surface area contributed by atoms with Crippen molar-refractivity contribution in [1.29, 1.82) is 5.26 Å². The maximum Gasteiger partial charge on any atom is 0.249 e. The maximum atomic E-state index is 12.3. The van der Waals surface area contributed by atoms with Crippen LogP contribution >= 0.6 is 0 Å². The van der Waals surface area contributed by atoms with E-state index in [4.69, 9.17) is 4.74 Å². The fourth-order valence-electron chi connectivity index (χ4n) is 2.25. The number of carbonyl (C=O) groups is 1. The van der Waals surface area contributed by atoms with Crippen LogP contribution in [0.2, 0.25) is 0 Å². The molecule has 2 aromatic heterocycles. The van der Waals surface area contributed by atoms with Crippen molar-refractivity contribution >= 4 is 17.8 Å². The van der Waals surface area contributed by atoms with Crippen molar-refractivity contribution < 1.29 is 9.53 Å². The molecule has 128 valence electrons. The van der Waals surface area contributed by atoms with Gasteiger partial charge in [0.15, 0.2) is 11.6 Å². The molecule has 0 atom stereocenters. The zero-order valence-electron chi connectivity index (χ0n) is 14.0. The van der Waals surface area contributed by atoms with E-state index < -0.39 is 0 Å². The highest BCUT2D eigenvalue weighted by Crippen LogP contribution is 2.18. The predicted molar refractivity (Wildman–Crippen MR) is 96.7 cm³/mol. The number of methoxy groups -OCH3 is 1. The van der Waals surface area contributed by atoms with Gasteiger partial charge in [0.25, 0.3) is 0 Å². The molecule has 0 bridgehead atoms. The normalized spacial score (nSPS) is 10.5. The summed E-state index contributed by atoms with van der Waals surface area (Å²) in [7, 11) is 1.59. The molecule has 0 saturated carbocycles. The van der Waals surface area contributed by atoms with Crippen molar-refractivity contribution in [3.05, 3.63) is 72.1 Å². The van der Waals surface area contributed by atoms with Crippen LogP contribution in [-0.4, -0.2) is 27.8 Å². The van der Waals surface area contributed by atoms with E-state index in [1.54, 1.807) is 37.6 Å². The Morgan fingerprint density at radius 3 is 2.73 bits per heavy atom. The number of ether oxygens (including phenoxy) is 1. The van der Waals surface area contributed by atoms with Gasteiger partial charge in [-0.3, -0.25) is 4.79 Å². The lowest BCUT2D eigenvalue weighted by molar-refractivity contribution is -0.111. The number of benzene rings is 1. The number of nitrogens with one attached hydrogen (secondary N) is 1. The van der Waals surface area contributed by atoms with E-state index in [1.165, 1.54) is 17.0 Å². The van der Waals surface area contributed by atoms with Crippen LogP contribution in [0.25, 0.3) is 11.9 Å². The van der Waals surface area contributed by atoms with Crippen LogP contribution in [0.5, 0.6) is 5.75 Å². The molecule has 0 spiro atoms. The number of carbonyl (C=O) groups excluding carboxylic acids is 1. The van der Waals surface area contributed by atoms with Crippen molar-refractivity contribution in [2.45, 2.75) is 0 Å². The third kappa shape index (κ3) is 3.76. The molecular formula is C19H15N5O2.